The molecule has 22 rings (SSSR count). The Kier molecular flexibility index (Phi) is 6.87. The summed E-state index contributed by atoms with van der Waals surface area (Å²) in [7, 11) is 0. The van der Waals surface area contributed by atoms with Crippen molar-refractivity contribution in [2.24, 2.45) is 0 Å². The van der Waals surface area contributed by atoms with Crippen LogP contribution in [0.4, 0.5) is 0 Å². The van der Waals surface area contributed by atoms with Crippen LogP contribution in [-0.2, 0) is 0 Å². The molecule has 12 nitrogen and oxygen atoms in total. The Hall–Kier alpha value is -11.8. The third kappa shape index (κ3) is 4.48. The third-order valence-electron chi connectivity index (χ3n) is 19.2. The van der Waals surface area contributed by atoms with Crippen LogP contribution in [0.3, 0.4) is 0 Å². The van der Waals surface area contributed by atoms with Crippen molar-refractivity contribution in [3.63, 3.8) is 0 Å². The van der Waals surface area contributed by atoms with Gasteiger partial charge in [0.1, 0.15) is 22.6 Å². The molecule has 0 saturated heterocycles. The molecule has 0 atom stereocenters. The summed E-state index contributed by atoms with van der Waals surface area (Å²) < 4.78 is 6.95. The smallest absolute Gasteiger partial charge is 0.265 e. The summed E-state index contributed by atoms with van der Waals surface area (Å²) in [4.78, 5) is 83.3. The average Bonchev–Trinajstić information content (AvgIpc) is 1.15. The molecule has 0 aliphatic heterocycles. The first kappa shape index (κ1) is 42.2. The van der Waals surface area contributed by atoms with Gasteiger partial charge in [-0.2, -0.15) is 0 Å². The van der Waals surface area contributed by atoms with Gasteiger partial charge in [0.2, 0.25) is 0 Å². The highest BCUT2D eigenvalue weighted by molar-refractivity contribution is 6.45. The summed E-state index contributed by atoms with van der Waals surface area (Å²) in [6, 6.07) is 60.1. The van der Waals surface area contributed by atoms with Gasteiger partial charge in [0.05, 0.1) is 54.9 Å². The van der Waals surface area contributed by atoms with Crippen LogP contribution in [0.5, 0.6) is 0 Å². The van der Waals surface area contributed by atoms with E-state index in [9.17, 15) is 9.59 Å². The first-order valence-electron chi connectivity index (χ1n) is 28.0. The quantitative estimate of drug-likeness (QED) is 0.117. The molecule has 8 heterocycles. The van der Waals surface area contributed by atoms with E-state index in [4.69, 9.17) is 19.9 Å². The Morgan fingerprint density at radius 3 is 0.786 bits per heavy atom. The maximum absolute atomic E-state index is 16.4. The zero-order valence-electron chi connectivity index (χ0n) is 43.5. The molecule has 0 aliphatic carbocycles. The molecule has 0 N–H and O–H groups in total. The van der Waals surface area contributed by atoms with Crippen molar-refractivity contribution >= 4 is 196 Å². The molecule has 12 heteroatoms. The van der Waals surface area contributed by atoms with Crippen LogP contribution in [0, 0.1) is 0 Å². The second-order valence-electron chi connectivity index (χ2n) is 22.9. The fourth-order valence-corrected chi connectivity index (χ4v) is 16.0. The lowest BCUT2D eigenvalue weighted by Crippen LogP contribution is -2.17. The van der Waals surface area contributed by atoms with Crippen LogP contribution in [-0.4, -0.2) is 37.5 Å². The molecule has 84 heavy (non-hydrogen) atoms. The highest BCUT2D eigenvalue weighted by Crippen LogP contribution is 2.52. The van der Waals surface area contributed by atoms with Crippen LogP contribution in [0.15, 0.2) is 201 Å². The lowest BCUT2D eigenvalue weighted by molar-refractivity contribution is 1.19. The molecule has 0 spiro atoms. The number of pyridine rings is 4. The number of rotatable bonds is 1. The fourth-order valence-electron chi connectivity index (χ4n) is 16.0. The number of imidazole rings is 4. The number of nitrogens with zero attached hydrogens (tertiary/aromatic N) is 8. The summed E-state index contributed by atoms with van der Waals surface area (Å²) in [5.41, 5.74) is 8.29. The van der Waals surface area contributed by atoms with E-state index in [1.54, 1.807) is 17.6 Å². The number of hydrogen-bond donors (Lipinski definition) is 0. The molecule has 0 radical (unpaired) electrons. The minimum atomic E-state index is -0.261. The van der Waals surface area contributed by atoms with E-state index in [2.05, 4.69) is 72.8 Å². The van der Waals surface area contributed by atoms with Gasteiger partial charge in [-0.15, -0.1) is 0 Å². The normalized spacial score (nSPS) is 13.2. The van der Waals surface area contributed by atoms with Crippen LogP contribution in [0.25, 0.3) is 207 Å². The Balaban J connectivity index is 0.993. The second kappa shape index (κ2) is 13.7. The van der Waals surface area contributed by atoms with E-state index in [0.29, 0.717) is 77.3 Å². The summed E-state index contributed by atoms with van der Waals surface area (Å²) in [6.07, 6.45) is 0. The number of aromatic nitrogens is 8. The highest BCUT2D eigenvalue weighted by Gasteiger charge is 2.31. The maximum Gasteiger partial charge on any atom is 0.265 e. The number of para-hydroxylation sites is 8. The molecule has 0 unspecified atom stereocenters. The molecule has 0 aliphatic rings. The van der Waals surface area contributed by atoms with Gasteiger partial charge in [-0.05, 0) is 173 Å². The Morgan fingerprint density at radius 2 is 0.452 bits per heavy atom. The lowest BCUT2D eigenvalue weighted by Gasteiger charge is -2.22. The predicted molar refractivity (Wildman–Crippen MR) is 339 cm³/mol. The molecular formula is C72H30N8O4. The van der Waals surface area contributed by atoms with Crippen molar-refractivity contribution in [3.8, 4) is 11.1 Å². The first-order chi connectivity index (χ1) is 41.4. The fraction of sp³-hybridized carbons (Fsp3) is 0. The number of fused-ring (bicyclic) bond motifs is 20. The van der Waals surface area contributed by atoms with Gasteiger partial charge in [-0.25, -0.2) is 19.9 Å². The van der Waals surface area contributed by atoms with Crippen molar-refractivity contribution in [1.82, 2.24) is 37.5 Å². The van der Waals surface area contributed by atoms with Crippen LogP contribution >= 0.6 is 0 Å². The number of benzene rings is 14. The molecular weight excluding hydrogens is 1040 g/mol. The topological polar surface area (TPSA) is 137 Å². The second-order valence-corrected chi connectivity index (χ2v) is 22.9. The monoisotopic (exact) mass is 1070 g/mol. The van der Waals surface area contributed by atoms with Gasteiger partial charge in [0, 0.05) is 53.9 Å². The minimum Gasteiger partial charge on any atom is -0.268 e. The van der Waals surface area contributed by atoms with Crippen molar-refractivity contribution in [2.75, 3.05) is 0 Å². The lowest BCUT2D eigenvalue weighted by atomic mass is 9.81. The highest BCUT2D eigenvalue weighted by atomic mass is 16.1. The largest absolute Gasteiger partial charge is 0.268 e. The molecule has 14 aromatic carbocycles. The zero-order chi connectivity index (χ0) is 54.6. The van der Waals surface area contributed by atoms with E-state index in [0.717, 1.165) is 130 Å². The van der Waals surface area contributed by atoms with Crippen molar-refractivity contribution < 1.29 is 0 Å². The molecule has 0 bridgehead atoms. The van der Waals surface area contributed by atoms with E-state index in [1.807, 2.05) is 109 Å². The van der Waals surface area contributed by atoms with Gasteiger partial charge in [-0.1, -0.05) is 84.9 Å². The SMILES string of the molecule is O=c1c2ccc3c4cc(-c5cc6c7ccc8c9c(ccc(c%10ccc%11c(c5c(=O)n5c%12ccccc%12nc%115)c%106)c79)c(=O)n5c6ccccc6nc85)c5c(=O)n6c7ccccc7nc6c6ccc(c7ccc(c2c73)c2nc3ccccc3n12)c4c56. The van der Waals surface area contributed by atoms with Crippen LogP contribution < -0.4 is 22.2 Å². The molecule has 0 fully saturated rings. The Labute approximate surface area is 465 Å². The Morgan fingerprint density at radius 1 is 0.214 bits per heavy atom. The van der Waals surface area contributed by atoms with Crippen molar-refractivity contribution in [3.05, 3.63) is 223 Å². The van der Waals surface area contributed by atoms with Crippen molar-refractivity contribution in [2.45, 2.75) is 0 Å². The zero-order valence-corrected chi connectivity index (χ0v) is 43.5. The molecule has 382 valence electrons. The summed E-state index contributed by atoms with van der Waals surface area (Å²) in [5, 5.41) is 19.3. The van der Waals surface area contributed by atoms with Gasteiger partial charge in [0.15, 0.2) is 0 Å². The van der Waals surface area contributed by atoms with Gasteiger partial charge in [0.25, 0.3) is 22.2 Å². The van der Waals surface area contributed by atoms with Crippen molar-refractivity contribution in [1.29, 1.82) is 0 Å². The predicted octanol–water partition coefficient (Wildman–Crippen LogP) is 14.5. The maximum atomic E-state index is 16.4. The van der Waals surface area contributed by atoms with Gasteiger partial charge < -0.3 is 0 Å². The molecule has 8 aromatic heterocycles. The first-order valence-corrected chi connectivity index (χ1v) is 28.0. The molecule has 22 aromatic rings. The molecule has 0 amide bonds. The van der Waals surface area contributed by atoms with E-state index >= 15 is 9.59 Å². The molecule has 0 saturated carbocycles. The average molecular weight is 1070 g/mol. The minimum absolute atomic E-state index is 0.148. The van der Waals surface area contributed by atoms with Gasteiger partial charge in [-0.3, -0.25) is 36.8 Å². The third-order valence-corrected chi connectivity index (χ3v) is 19.2. The Bertz CT molecular complexity index is 6830. The summed E-state index contributed by atoms with van der Waals surface area (Å²) in [5.74, 6) is 0. The van der Waals surface area contributed by atoms with E-state index in [-0.39, 0.29) is 22.2 Å². The van der Waals surface area contributed by atoms with E-state index in [1.165, 1.54) is 0 Å². The summed E-state index contributed by atoms with van der Waals surface area (Å²) in [6.45, 7) is 0. The van der Waals surface area contributed by atoms with Crippen LogP contribution in [0.1, 0.15) is 0 Å². The van der Waals surface area contributed by atoms with E-state index < -0.39 is 0 Å². The summed E-state index contributed by atoms with van der Waals surface area (Å²) >= 11 is 0. The number of hydrogen-bond acceptors (Lipinski definition) is 8. The standard InChI is InChI=1S/C72H30N8O4/c81-69-41-27-21-32-34-19-26-40-62-58(34)43(35-20-24-38(60(41)56(32)35)66-74-48-10-2-6-14-52(48)78(66)69)29-45(63(62)71(83)80-54-16-8-4-12-50(54)76-68(40)80)46-30-44-36-22-28-42-59-37(65-73-47-9-1-5-13-51(47)77(65)70(42)82)23-17-31(55(36)59)33-18-25-39-61(57(33)44)64(46)72(84)79-53-15-7-3-11-49(53)75-67(39)79/h1-30H. The van der Waals surface area contributed by atoms with Gasteiger partial charge >= 0.3 is 0 Å². The van der Waals surface area contributed by atoms with Crippen LogP contribution in [0.2, 0.25) is 0 Å².